The van der Waals surface area contributed by atoms with Crippen molar-refractivity contribution in [3.8, 4) is 0 Å². The first-order valence-corrected chi connectivity index (χ1v) is 8.02. The number of nitrogens with zero attached hydrogens (tertiary/aromatic N) is 2. The van der Waals surface area contributed by atoms with E-state index in [1.807, 2.05) is 6.92 Å². The van der Waals surface area contributed by atoms with Crippen LogP contribution in [0.25, 0.3) is 0 Å². The molecule has 100 valence electrons. The Hall–Kier alpha value is -0.990. The van der Waals surface area contributed by atoms with E-state index >= 15 is 0 Å². The van der Waals surface area contributed by atoms with E-state index < -0.39 is 22.0 Å². The summed E-state index contributed by atoms with van der Waals surface area (Å²) in [5.74, 6) is -1.13. The van der Waals surface area contributed by atoms with Gasteiger partial charge in [0.25, 0.3) is 0 Å². The summed E-state index contributed by atoms with van der Waals surface area (Å²) >= 11 is 1.42. The number of aliphatic carboxylic acids is 1. The monoisotopic (exact) mass is 290 g/mol. The van der Waals surface area contributed by atoms with Crippen LogP contribution in [0.15, 0.2) is 5.51 Å². The van der Waals surface area contributed by atoms with E-state index in [1.54, 1.807) is 5.51 Å². The quantitative estimate of drug-likeness (QED) is 0.852. The Labute approximate surface area is 109 Å². The number of aromatic nitrogens is 1. The maximum atomic E-state index is 12.0. The number of rotatable bonds is 5. The SMILES string of the molecule is Cc1ncsc1CCS(=O)(=O)N1CCC1C(=O)O. The Morgan fingerprint density at radius 1 is 1.67 bits per heavy atom. The maximum Gasteiger partial charge on any atom is 0.322 e. The van der Waals surface area contributed by atoms with Crippen molar-refractivity contribution in [1.29, 1.82) is 0 Å². The van der Waals surface area contributed by atoms with Gasteiger partial charge >= 0.3 is 5.97 Å². The third-order valence-corrected chi connectivity index (χ3v) is 5.91. The molecular weight excluding hydrogens is 276 g/mol. The molecule has 0 spiro atoms. The predicted molar refractivity (Wildman–Crippen MR) is 67.1 cm³/mol. The number of sulfonamides is 1. The third-order valence-electron chi connectivity index (χ3n) is 3.04. The molecule has 6 nitrogen and oxygen atoms in total. The number of carboxylic acid groups (broad SMARTS) is 1. The first-order valence-electron chi connectivity index (χ1n) is 5.53. The molecule has 0 amide bonds. The molecule has 1 aromatic rings. The van der Waals surface area contributed by atoms with E-state index in [1.165, 1.54) is 11.3 Å². The number of hydrogen-bond acceptors (Lipinski definition) is 5. The molecule has 18 heavy (non-hydrogen) atoms. The van der Waals surface area contributed by atoms with Crippen LogP contribution in [-0.4, -0.2) is 47.1 Å². The highest BCUT2D eigenvalue weighted by atomic mass is 32.2. The van der Waals surface area contributed by atoms with Crippen molar-refractivity contribution in [1.82, 2.24) is 9.29 Å². The molecule has 1 aliphatic heterocycles. The second-order valence-corrected chi connectivity index (χ2v) is 7.16. The molecule has 0 saturated carbocycles. The number of thiazole rings is 1. The van der Waals surface area contributed by atoms with Crippen molar-refractivity contribution >= 4 is 27.3 Å². The largest absolute Gasteiger partial charge is 0.480 e. The summed E-state index contributed by atoms with van der Waals surface area (Å²) in [6.45, 7) is 2.14. The van der Waals surface area contributed by atoms with Gasteiger partial charge in [-0.15, -0.1) is 11.3 Å². The minimum atomic E-state index is -3.48. The van der Waals surface area contributed by atoms with Gasteiger partial charge < -0.3 is 5.11 Å². The highest BCUT2D eigenvalue weighted by Crippen LogP contribution is 2.23. The Morgan fingerprint density at radius 3 is 2.83 bits per heavy atom. The number of carbonyl (C=O) groups is 1. The van der Waals surface area contributed by atoms with Gasteiger partial charge in [-0.25, -0.2) is 13.4 Å². The number of aryl methyl sites for hydroxylation is 2. The maximum absolute atomic E-state index is 12.0. The summed E-state index contributed by atoms with van der Waals surface area (Å²) < 4.78 is 25.0. The van der Waals surface area contributed by atoms with Gasteiger partial charge in [-0.1, -0.05) is 0 Å². The highest BCUT2D eigenvalue weighted by molar-refractivity contribution is 7.89. The van der Waals surface area contributed by atoms with Crippen molar-refractivity contribution in [2.45, 2.75) is 25.8 Å². The normalized spacial score (nSPS) is 20.6. The van der Waals surface area contributed by atoms with E-state index in [4.69, 9.17) is 5.11 Å². The van der Waals surface area contributed by atoms with Gasteiger partial charge in [0.1, 0.15) is 6.04 Å². The van der Waals surface area contributed by atoms with Crippen LogP contribution < -0.4 is 0 Å². The van der Waals surface area contributed by atoms with Crippen LogP contribution in [0.4, 0.5) is 0 Å². The zero-order chi connectivity index (χ0) is 13.3. The molecule has 1 N–H and O–H groups in total. The van der Waals surface area contributed by atoms with Crippen molar-refractivity contribution in [3.05, 3.63) is 16.1 Å². The molecule has 0 bridgehead atoms. The number of carboxylic acids is 1. The fourth-order valence-corrected chi connectivity index (χ4v) is 4.42. The molecule has 0 aliphatic carbocycles. The third kappa shape index (κ3) is 2.55. The van der Waals surface area contributed by atoms with Gasteiger partial charge in [-0.2, -0.15) is 4.31 Å². The first kappa shape index (κ1) is 13.4. The van der Waals surface area contributed by atoms with Crippen LogP contribution >= 0.6 is 11.3 Å². The average molecular weight is 290 g/mol. The molecule has 1 unspecified atom stereocenters. The zero-order valence-corrected chi connectivity index (χ0v) is 11.5. The van der Waals surface area contributed by atoms with Crippen molar-refractivity contribution in [2.24, 2.45) is 0 Å². The van der Waals surface area contributed by atoms with Crippen molar-refractivity contribution < 1.29 is 18.3 Å². The molecule has 1 atom stereocenters. The van der Waals surface area contributed by atoms with Crippen molar-refractivity contribution in [2.75, 3.05) is 12.3 Å². The van der Waals surface area contributed by atoms with Crippen LogP contribution in [0, 0.1) is 6.92 Å². The molecular formula is C10H14N2O4S2. The second-order valence-electron chi connectivity index (χ2n) is 4.18. The van der Waals surface area contributed by atoms with Gasteiger partial charge in [-0.3, -0.25) is 4.79 Å². The van der Waals surface area contributed by atoms with Gasteiger partial charge in [-0.05, 0) is 19.8 Å². The minimum Gasteiger partial charge on any atom is -0.480 e. The second kappa shape index (κ2) is 4.94. The van der Waals surface area contributed by atoms with Gasteiger partial charge in [0.2, 0.25) is 10.0 Å². The Morgan fingerprint density at radius 2 is 2.39 bits per heavy atom. The summed E-state index contributed by atoms with van der Waals surface area (Å²) in [5.41, 5.74) is 2.52. The predicted octanol–water partition coefficient (Wildman–Crippen LogP) is 0.483. The highest BCUT2D eigenvalue weighted by Gasteiger charge is 2.41. The van der Waals surface area contributed by atoms with Gasteiger partial charge in [0.15, 0.2) is 0 Å². The smallest absolute Gasteiger partial charge is 0.322 e. The van der Waals surface area contributed by atoms with Gasteiger partial charge in [0, 0.05) is 11.4 Å². The molecule has 0 aromatic carbocycles. The van der Waals surface area contributed by atoms with Gasteiger partial charge in [0.05, 0.1) is 17.0 Å². The minimum absolute atomic E-state index is 0.0557. The molecule has 1 fully saturated rings. The summed E-state index contributed by atoms with van der Waals surface area (Å²) in [4.78, 5) is 15.8. The van der Waals surface area contributed by atoms with E-state index in [9.17, 15) is 13.2 Å². The van der Waals surface area contributed by atoms with E-state index in [2.05, 4.69) is 4.98 Å². The summed E-state index contributed by atoms with van der Waals surface area (Å²) in [6.07, 6.45) is 0.788. The summed E-state index contributed by atoms with van der Waals surface area (Å²) in [6, 6.07) is -0.877. The first-order chi connectivity index (χ1) is 8.42. The molecule has 1 saturated heterocycles. The average Bonchev–Trinajstić information content (AvgIpc) is 2.57. The van der Waals surface area contributed by atoms with Crippen LogP contribution in [-0.2, 0) is 21.2 Å². The zero-order valence-electron chi connectivity index (χ0n) is 9.87. The van der Waals surface area contributed by atoms with Crippen LogP contribution in [0.1, 0.15) is 17.0 Å². The molecule has 0 radical (unpaired) electrons. The lowest BCUT2D eigenvalue weighted by Crippen LogP contribution is -2.55. The van der Waals surface area contributed by atoms with Crippen molar-refractivity contribution in [3.63, 3.8) is 0 Å². The molecule has 2 rings (SSSR count). The van der Waals surface area contributed by atoms with Crippen LogP contribution in [0.5, 0.6) is 0 Å². The fraction of sp³-hybridized carbons (Fsp3) is 0.600. The molecule has 2 heterocycles. The lowest BCUT2D eigenvalue weighted by Gasteiger charge is -2.36. The molecule has 1 aliphatic rings. The van der Waals surface area contributed by atoms with Crippen LogP contribution in [0.2, 0.25) is 0 Å². The summed E-state index contributed by atoms with van der Waals surface area (Å²) in [5, 5.41) is 8.85. The van der Waals surface area contributed by atoms with E-state index in [0.717, 1.165) is 14.9 Å². The fourth-order valence-electron chi connectivity index (χ4n) is 1.85. The van der Waals surface area contributed by atoms with E-state index in [-0.39, 0.29) is 5.75 Å². The lowest BCUT2D eigenvalue weighted by molar-refractivity contribution is -0.144. The summed E-state index contributed by atoms with van der Waals surface area (Å²) in [7, 11) is -3.48. The Bertz CT molecular complexity index is 552. The lowest BCUT2D eigenvalue weighted by atomic mass is 10.1. The van der Waals surface area contributed by atoms with Crippen LogP contribution in [0.3, 0.4) is 0 Å². The van der Waals surface area contributed by atoms with E-state index in [0.29, 0.717) is 19.4 Å². The topological polar surface area (TPSA) is 87.6 Å². The standard InChI is InChI=1S/C10H14N2O4S2/c1-7-9(17-6-11-7)3-5-18(15,16)12-4-2-8(12)10(13)14/h6,8H,2-5H2,1H3,(H,13,14). The molecule has 1 aromatic heterocycles. The molecule has 8 heteroatoms. The number of hydrogen-bond donors (Lipinski definition) is 1. The Balaban J connectivity index is 2.00. The Kier molecular flexibility index (Phi) is 3.69.